The van der Waals surface area contributed by atoms with E-state index in [2.05, 4.69) is 11.4 Å². The molecule has 2 aliphatic rings. The molecule has 0 aromatic heterocycles. The van der Waals surface area contributed by atoms with Crippen molar-refractivity contribution < 1.29 is 19.2 Å². The lowest BCUT2D eigenvalue weighted by molar-refractivity contribution is -0.384. The number of hydrogen-bond donors (Lipinski definition) is 1. The van der Waals surface area contributed by atoms with E-state index in [9.17, 15) is 19.7 Å². The van der Waals surface area contributed by atoms with E-state index < -0.39 is 23.4 Å². The lowest BCUT2D eigenvalue weighted by Gasteiger charge is -2.16. The third-order valence-corrected chi connectivity index (χ3v) is 4.54. The highest BCUT2D eigenvalue weighted by Gasteiger charge is 2.40. The highest BCUT2D eigenvalue weighted by atomic mass is 16.6. The topological polar surface area (TPSA) is 122 Å². The minimum Gasteiger partial charge on any atom is -0.455 e. The number of carbonyl (C=O) groups is 2. The Labute approximate surface area is 143 Å². The van der Waals surface area contributed by atoms with Crippen LogP contribution in [0, 0.1) is 39.2 Å². The summed E-state index contributed by atoms with van der Waals surface area (Å²) in [6.07, 6.45) is 5.85. The molecule has 1 saturated carbocycles. The van der Waals surface area contributed by atoms with Crippen molar-refractivity contribution in [3.8, 4) is 6.07 Å². The van der Waals surface area contributed by atoms with Gasteiger partial charge in [-0.15, -0.1) is 0 Å². The van der Waals surface area contributed by atoms with E-state index in [1.54, 1.807) is 6.07 Å². The first kappa shape index (κ1) is 16.6. The van der Waals surface area contributed by atoms with Crippen LogP contribution in [0.5, 0.6) is 0 Å². The maximum absolute atomic E-state index is 12.1. The summed E-state index contributed by atoms with van der Waals surface area (Å²) in [4.78, 5) is 34.1. The first-order valence-corrected chi connectivity index (χ1v) is 7.81. The summed E-state index contributed by atoms with van der Waals surface area (Å²) in [5.74, 6) is -0.569. The van der Waals surface area contributed by atoms with E-state index in [1.807, 2.05) is 6.08 Å². The number of rotatable bonds is 5. The van der Waals surface area contributed by atoms with E-state index in [4.69, 9.17) is 10.00 Å². The summed E-state index contributed by atoms with van der Waals surface area (Å²) in [5, 5.41) is 22.2. The SMILES string of the molecule is N#Cc1cc([N+](=O)[O-])ccc1NC(=O)COC(=O)C1CC2C=CC1C2. The molecule has 2 bridgehead atoms. The van der Waals surface area contributed by atoms with Crippen LogP contribution in [-0.4, -0.2) is 23.4 Å². The van der Waals surface area contributed by atoms with Crippen LogP contribution in [-0.2, 0) is 14.3 Å². The van der Waals surface area contributed by atoms with Crippen LogP contribution in [0.4, 0.5) is 11.4 Å². The minimum atomic E-state index is -0.627. The zero-order valence-corrected chi connectivity index (χ0v) is 13.2. The van der Waals surface area contributed by atoms with Gasteiger partial charge in [0.25, 0.3) is 11.6 Å². The van der Waals surface area contributed by atoms with Crippen molar-refractivity contribution >= 4 is 23.3 Å². The van der Waals surface area contributed by atoms with E-state index in [0.29, 0.717) is 5.92 Å². The predicted octanol–water partition coefficient (Wildman–Crippen LogP) is 2.16. The van der Waals surface area contributed by atoms with Crippen molar-refractivity contribution in [3.63, 3.8) is 0 Å². The lowest BCUT2D eigenvalue weighted by Crippen LogP contribution is -2.26. The van der Waals surface area contributed by atoms with Crippen LogP contribution in [0.15, 0.2) is 30.4 Å². The number of nitro benzene ring substituents is 1. The molecule has 3 rings (SSSR count). The zero-order valence-electron chi connectivity index (χ0n) is 13.2. The van der Waals surface area contributed by atoms with Gasteiger partial charge >= 0.3 is 5.97 Å². The number of non-ortho nitro benzene ring substituents is 1. The van der Waals surface area contributed by atoms with Crippen molar-refractivity contribution in [1.29, 1.82) is 5.26 Å². The molecule has 0 radical (unpaired) electrons. The molecule has 8 heteroatoms. The number of nitrogens with one attached hydrogen (secondary N) is 1. The van der Waals surface area contributed by atoms with Crippen LogP contribution >= 0.6 is 0 Å². The summed E-state index contributed by atoms with van der Waals surface area (Å²) in [6, 6.07) is 5.32. The van der Waals surface area contributed by atoms with Gasteiger partial charge in [-0.2, -0.15) is 5.26 Å². The van der Waals surface area contributed by atoms with Gasteiger partial charge in [0.2, 0.25) is 0 Å². The van der Waals surface area contributed by atoms with Crippen LogP contribution in [0.25, 0.3) is 0 Å². The fourth-order valence-electron chi connectivity index (χ4n) is 3.33. The Balaban J connectivity index is 1.56. The number of nitriles is 1. The third-order valence-electron chi connectivity index (χ3n) is 4.54. The molecule has 25 heavy (non-hydrogen) atoms. The van der Waals surface area contributed by atoms with E-state index in [1.165, 1.54) is 12.1 Å². The summed E-state index contributed by atoms with van der Waals surface area (Å²) in [5.41, 5.74) is -0.144. The molecule has 1 aromatic rings. The number of allylic oxidation sites excluding steroid dienone is 2. The van der Waals surface area contributed by atoms with Crippen molar-refractivity contribution in [3.05, 3.63) is 46.0 Å². The van der Waals surface area contributed by atoms with Gasteiger partial charge in [0, 0.05) is 12.1 Å². The highest BCUT2D eigenvalue weighted by molar-refractivity contribution is 5.94. The fourth-order valence-corrected chi connectivity index (χ4v) is 3.33. The standard InChI is InChI=1S/C17H15N3O5/c18-8-12-7-13(20(23)24)3-4-15(12)19-16(21)9-25-17(22)14-6-10-1-2-11(14)5-10/h1-4,7,10-11,14H,5-6,9H2,(H,19,21). The van der Waals surface area contributed by atoms with Crippen LogP contribution < -0.4 is 5.32 Å². The minimum absolute atomic E-state index is 0.0351. The number of nitro groups is 1. The molecular formula is C17H15N3O5. The Morgan fingerprint density at radius 1 is 1.36 bits per heavy atom. The smallest absolute Gasteiger partial charge is 0.310 e. The number of anilines is 1. The molecular weight excluding hydrogens is 326 g/mol. The van der Waals surface area contributed by atoms with Crippen molar-refractivity contribution in [2.75, 3.05) is 11.9 Å². The number of ether oxygens (including phenoxy) is 1. The highest BCUT2D eigenvalue weighted by Crippen LogP contribution is 2.43. The van der Waals surface area contributed by atoms with Gasteiger partial charge in [-0.05, 0) is 30.7 Å². The van der Waals surface area contributed by atoms with E-state index >= 15 is 0 Å². The average Bonchev–Trinajstić information content (AvgIpc) is 3.23. The summed E-state index contributed by atoms with van der Waals surface area (Å²) in [6.45, 7) is -0.460. The second-order valence-electron chi connectivity index (χ2n) is 6.14. The molecule has 0 saturated heterocycles. The normalized spacial score (nSPS) is 23.1. The zero-order chi connectivity index (χ0) is 18.0. The molecule has 1 fully saturated rings. The number of fused-ring (bicyclic) bond motifs is 2. The van der Waals surface area contributed by atoms with Gasteiger partial charge in [0.15, 0.2) is 6.61 Å². The maximum Gasteiger partial charge on any atom is 0.310 e. The number of amides is 1. The molecule has 8 nitrogen and oxygen atoms in total. The number of benzene rings is 1. The first-order chi connectivity index (χ1) is 12.0. The van der Waals surface area contributed by atoms with Crippen LogP contribution in [0.1, 0.15) is 18.4 Å². The van der Waals surface area contributed by atoms with E-state index in [-0.39, 0.29) is 28.8 Å². The van der Waals surface area contributed by atoms with Crippen molar-refractivity contribution in [2.45, 2.75) is 12.8 Å². The van der Waals surface area contributed by atoms with Gasteiger partial charge in [0.1, 0.15) is 6.07 Å². The Bertz CT molecular complexity index is 811. The van der Waals surface area contributed by atoms with Gasteiger partial charge in [0.05, 0.1) is 22.1 Å². The lowest BCUT2D eigenvalue weighted by atomic mass is 9.94. The molecule has 1 amide bonds. The van der Waals surface area contributed by atoms with Crippen LogP contribution in [0.3, 0.4) is 0 Å². The van der Waals surface area contributed by atoms with E-state index in [0.717, 1.165) is 18.9 Å². The summed E-state index contributed by atoms with van der Waals surface area (Å²) >= 11 is 0. The third kappa shape index (κ3) is 3.50. The molecule has 0 aliphatic heterocycles. The fraction of sp³-hybridized carbons (Fsp3) is 0.353. The number of hydrogen-bond acceptors (Lipinski definition) is 6. The maximum atomic E-state index is 12.1. The largest absolute Gasteiger partial charge is 0.455 e. The second-order valence-corrected chi connectivity index (χ2v) is 6.14. The van der Waals surface area contributed by atoms with Crippen LogP contribution in [0.2, 0.25) is 0 Å². The molecule has 1 N–H and O–H groups in total. The predicted molar refractivity (Wildman–Crippen MR) is 86.2 cm³/mol. The Morgan fingerprint density at radius 2 is 2.16 bits per heavy atom. The van der Waals surface area contributed by atoms with Gasteiger partial charge < -0.3 is 10.1 Å². The van der Waals surface area contributed by atoms with Gasteiger partial charge in [-0.1, -0.05) is 12.2 Å². The Kier molecular flexibility index (Phi) is 4.48. The van der Waals surface area contributed by atoms with Gasteiger partial charge in [-0.25, -0.2) is 0 Å². The monoisotopic (exact) mass is 341 g/mol. The number of carbonyl (C=O) groups excluding carboxylic acids is 2. The Hall–Kier alpha value is -3.21. The average molecular weight is 341 g/mol. The molecule has 1 aromatic carbocycles. The first-order valence-electron chi connectivity index (χ1n) is 7.81. The summed E-state index contributed by atoms with van der Waals surface area (Å²) in [7, 11) is 0. The number of nitrogens with zero attached hydrogens (tertiary/aromatic N) is 2. The molecule has 2 aliphatic carbocycles. The molecule has 3 atom stereocenters. The molecule has 0 spiro atoms. The molecule has 0 heterocycles. The van der Waals surface area contributed by atoms with Gasteiger partial charge in [-0.3, -0.25) is 19.7 Å². The van der Waals surface area contributed by atoms with Crippen molar-refractivity contribution in [2.24, 2.45) is 17.8 Å². The molecule has 128 valence electrons. The molecule has 3 unspecified atom stereocenters. The number of esters is 1. The summed E-state index contributed by atoms with van der Waals surface area (Å²) < 4.78 is 5.07. The second kappa shape index (κ2) is 6.73. The Morgan fingerprint density at radius 3 is 2.76 bits per heavy atom. The van der Waals surface area contributed by atoms with Crippen molar-refractivity contribution in [1.82, 2.24) is 0 Å². The quantitative estimate of drug-likeness (QED) is 0.379.